The Morgan fingerprint density at radius 2 is 1.15 bits per heavy atom. The van der Waals surface area contributed by atoms with E-state index in [4.69, 9.17) is 33.2 Å². The average Bonchev–Trinajstić information content (AvgIpc) is 3.62. The number of aliphatic hydroxyl groups is 12. The summed E-state index contributed by atoms with van der Waals surface area (Å²) in [5, 5.41) is 128. The molecule has 4 saturated carbocycles. The van der Waals surface area contributed by atoms with Gasteiger partial charge in [-0.2, -0.15) is 0 Å². The smallest absolute Gasteiger partial charge is 0.315 e. The Hall–Kier alpha value is -1.51. The Bertz CT molecular complexity index is 1900. The molecule has 8 fully saturated rings. The van der Waals surface area contributed by atoms with Crippen molar-refractivity contribution in [1.82, 2.24) is 0 Å². The molecule has 4 heterocycles. The summed E-state index contributed by atoms with van der Waals surface area (Å²) >= 11 is 0. The second-order valence-corrected chi connectivity index (χ2v) is 23.5. The van der Waals surface area contributed by atoms with Crippen LogP contribution in [-0.2, 0) is 38.0 Å². The molecule has 9 rings (SSSR count). The molecule has 20 nitrogen and oxygen atoms in total. The SMILES string of the molecule is CC1(C)[C@@H](O[C@@H]2O[C@H](CO)[C@@H](O[C@@H]3O[C@H](CO)[C@@H](O)[C@H](O)[C@H]3O)[C@H](O)[C@H]2O)CC[C@]2(C)[C@H]3CC=C4[C@@H]5C[C@@](C)(CO)[C@@H]6C[C@]5(C(=O)O6)[C@H](O[C@@H]5O[C@H](CO)[C@@H](O)[C@H](O)[C@H]5O)C[C@@]4(C)[C@]3(C)CC[C@@H]12. The number of carbonyl (C=O) groups excluding carboxylic acids is 1. The van der Waals surface area contributed by atoms with E-state index in [1.165, 1.54) is 0 Å². The molecule has 26 atom stereocenters. The van der Waals surface area contributed by atoms with Gasteiger partial charge in [0.1, 0.15) is 84.8 Å². The lowest BCUT2D eigenvalue weighted by molar-refractivity contribution is -0.368. The third kappa shape index (κ3) is 7.32. The first-order chi connectivity index (χ1) is 31.9. The average molecular weight is 973 g/mol. The molecule has 388 valence electrons. The number of carbonyl (C=O) groups is 1. The highest BCUT2D eigenvalue weighted by atomic mass is 16.7. The minimum absolute atomic E-state index is 0.0842. The van der Waals surface area contributed by atoms with Gasteiger partial charge in [-0.1, -0.05) is 53.2 Å². The summed E-state index contributed by atoms with van der Waals surface area (Å²) < 4.78 is 42.8. The van der Waals surface area contributed by atoms with Gasteiger partial charge in [0.2, 0.25) is 0 Å². The zero-order valence-electron chi connectivity index (χ0n) is 39.8. The summed E-state index contributed by atoms with van der Waals surface area (Å²) in [5.41, 5.74) is -2.55. The fourth-order valence-corrected chi connectivity index (χ4v) is 15.7. The summed E-state index contributed by atoms with van der Waals surface area (Å²) in [6.45, 7) is 10.9. The van der Waals surface area contributed by atoms with E-state index in [1.807, 2.05) is 6.92 Å². The molecule has 9 aliphatic rings. The lowest BCUT2D eigenvalue weighted by Crippen LogP contribution is -2.69. The number of allylic oxidation sites excluding steroid dienone is 2. The third-order valence-electron chi connectivity index (χ3n) is 20.0. The molecular weight excluding hydrogens is 897 g/mol. The summed E-state index contributed by atoms with van der Waals surface area (Å²) in [5.74, 6) is -0.642. The monoisotopic (exact) mass is 972 g/mol. The van der Waals surface area contributed by atoms with Gasteiger partial charge in [0.25, 0.3) is 0 Å². The number of ether oxygens (including phenoxy) is 7. The number of fused-ring (bicyclic) bond motifs is 7. The highest BCUT2D eigenvalue weighted by Gasteiger charge is 2.76. The number of rotatable bonds is 10. The largest absolute Gasteiger partial charge is 0.461 e. The number of hydrogen-bond donors (Lipinski definition) is 12. The van der Waals surface area contributed by atoms with Crippen molar-refractivity contribution in [2.45, 2.75) is 203 Å². The van der Waals surface area contributed by atoms with Crippen LogP contribution in [0.15, 0.2) is 11.6 Å². The van der Waals surface area contributed by atoms with Gasteiger partial charge in [0.15, 0.2) is 18.9 Å². The maximum Gasteiger partial charge on any atom is 0.315 e. The molecule has 0 unspecified atom stereocenters. The molecule has 2 bridgehead atoms. The zero-order chi connectivity index (χ0) is 49.4. The van der Waals surface area contributed by atoms with E-state index < -0.39 is 164 Å². The van der Waals surface area contributed by atoms with Crippen molar-refractivity contribution < 1.29 is 99.2 Å². The van der Waals surface area contributed by atoms with E-state index >= 15 is 0 Å². The van der Waals surface area contributed by atoms with Crippen LogP contribution >= 0.6 is 0 Å². The lowest BCUT2D eigenvalue weighted by atomic mass is 9.33. The second kappa shape index (κ2) is 17.9. The predicted octanol–water partition coefficient (Wildman–Crippen LogP) is -1.90. The first kappa shape index (κ1) is 51.4. The molecule has 68 heavy (non-hydrogen) atoms. The van der Waals surface area contributed by atoms with Crippen molar-refractivity contribution >= 4 is 5.97 Å². The Kier molecular flexibility index (Phi) is 13.5. The molecule has 12 N–H and O–H groups in total. The van der Waals surface area contributed by atoms with Crippen molar-refractivity contribution in [1.29, 1.82) is 0 Å². The quantitative estimate of drug-likeness (QED) is 0.0646. The topological polar surface area (TPSA) is 324 Å². The Balaban J connectivity index is 0.973. The van der Waals surface area contributed by atoms with Crippen LogP contribution < -0.4 is 0 Å². The molecule has 0 amide bonds. The Morgan fingerprint density at radius 3 is 1.72 bits per heavy atom. The van der Waals surface area contributed by atoms with Crippen LogP contribution in [0.5, 0.6) is 0 Å². The maximum atomic E-state index is 14.5. The van der Waals surface area contributed by atoms with E-state index in [0.29, 0.717) is 19.3 Å². The molecule has 0 radical (unpaired) electrons. The van der Waals surface area contributed by atoms with Crippen molar-refractivity contribution in [3.63, 3.8) is 0 Å². The number of hydrogen-bond acceptors (Lipinski definition) is 20. The first-order valence-electron chi connectivity index (χ1n) is 24.6. The van der Waals surface area contributed by atoms with Crippen molar-refractivity contribution in [3.05, 3.63) is 11.6 Å². The Labute approximate surface area is 396 Å². The van der Waals surface area contributed by atoms with Gasteiger partial charge in [-0.15, -0.1) is 0 Å². The first-order valence-corrected chi connectivity index (χ1v) is 24.6. The van der Waals surface area contributed by atoms with Crippen LogP contribution in [0.2, 0.25) is 0 Å². The molecule has 0 aromatic heterocycles. The minimum atomic E-state index is -1.79. The Morgan fingerprint density at radius 1 is 0.603 bits per heavy atom. The summed E-state index contributed by atoms with van der Waals surface area (Å²) in [6.07, 6.45) is -18.3. The van der Waals surface area contributed by atoms with Crippen LogP contribution in [-0.4, -0.2) is 204 Å². The van der Waals surface area contributed by atoms with Gasteiger partial charge >= 0.3 is 5.97 Å². The van der Waals surface area contributed by atoms with Crippen LogP contribution in [0.3, 0.4) is 0 Å². The van der Waals surface area contributed by atoms with E-state index in [2.05, 4.69) is 40.7 Å². The summed E-state index contributed by atoms with van der Waals surface area (Å²) in [6, 6.07) is 0. The third-order valence-corrected chi connectivity index (χ3v) is 20.0. The predicted molar refractivity (Wildman–Crippen MR) is 231 cm³/mol. The molecule has 1 spiro atoms. The van der Waals surface area contributed by atoms with Crippen LogP contribution in [0, 0.1) is 50.2 Å². The van der Waals surface area contributed by atoms with Gasteiger partial charge in [-0.3, -0.25) is 4.79 Å². The van der Waals surface area contributed by atoms with Gasteiger partial charge in [0.05, 0.1) is 38.6 Å². The van der Waals surface area contributed by atoms with E-state index in [9.17, 15) is 66.1 Å². The highest BCUT2D eigenvalue weighted by molar-refractivity contribution is 5.82. The lowest BCUT2D eigenvalue weighted by Gasteiger charge is -2.71. The molecule has 0 aromatic carbocycles. The van der Waals surface area contributed by atoms with E-state index in [-0.39, 0.29) is 35.7 Å². The van der Waals surface area contributed by atoms with Crippen LogP contribution in [0.25, 0.3) is 0 Å². The van der Waals surface area contributed by atoms with E-state index in [1.54, 1.807) is 0 Å². The normalized spacial score (nSPS) is 56.4. The summed E-state index contributed by atoms with van der Waals surface area (Å²) in [4.78, 5) is 14.5. The van der Waals surface area contributed by atoms with Gasteiger partial charge in [-0.05, 0) is 84.4 Å². The van der Waals surface area contributed by atoms with Crippen molar-refractivity contribution in [2.24, 2.45) is 50.2 Å². The maximum absolute atomic E-state index is 14.5. The standard InChI is InChI=1S/C48H76O20/c1-43(2)25-9-12-46(5)26(45(25,4)11-10-27(43)65-40-37(60)34(57)38(24(18-51)64-40)68-41-36(59)33(56)31(54)23(17-50)63-41)8-7-20-21-13-44(3,19-52)28-15-48(21,42(61)67-28)29(14-47(20,46)6)66-39-35(58)32(55)30(53)22(16-49)62-39/h7,21-41,49-60H,8-19H2,1-6H3/t21-,22+,23+,24+,25-,26+,27-,28-,29+,30+,31+,32-,33-,34+,35+,36+,37+,38+,39-,40-,41-,44-,45-,46+,47+,48+/m0/s1. The number of aliphatic hydroxyl groups excluding tert-OH is 12. The fourth-order valence-electron chi connectivity index (χ4n) is 15.7. The van der Waals surface area contributed by atoms with Gasteiger partial charge in [-0.25, -0.2) is 0 Å². The van der Waals surface area contributed by atoms with Gasteiger partial charge < -0.3 is 94.4 Å². The molecule has 4 aliphatic heterocycles. The minimum Gasteiger partial charge on any atom is -0.461 e. The van der Waals surface area contributed by atoms with E-state index in [0.717, 1.165) is 31.3 Å². The van der Waals surface area contributed by atoms with Crippen LogP contribution in [0.1, 0.15) is 92.9 Å². The molecule has 5 aliphatic carbocycles. The van der Waals surface area contributed by atoms with Crippen molar-refractivity contribution in [3.8, 4) is 0 Å². The molecule has 4 saturated heterocycles. The van der Waals surface area contributed by atoms with Crippen LogP contribution in [0.4, 0.5) is 0 Å². The second-order valence-electron chi connectivity index (χ2n) is 23.5. The molecule has 0 aromatic rings. The highest BCUT2D eigenvalue weighted by Crippen LogP contribution is 2.77. The molecule has 20 heteroatoms. The van der Waals surface area contributed by atoms with Crippen molar-refractivity contribution in [2.75, 3.05) is 26.4 Å². The molecular formula is C48H76O20. The van der Waals surface area contributed by atoms with Gasteiger partial charge in [0, 0.05) is 11.8 Å². The summed E-state index contributed by atoms with van der Waals surface area (Å²) in [7, 11) is 0. The fraction of sp³-hybridized carbons (Fsp3) is 0.938. The zero-order valence-corrected chi connectivity index (χ0v) is 39.8. The number of esters is 1.